The fraction of sp³-hybridized carbons (Fsp3) is 0.500. The third-order valence-corrected chi connectivity index (χ3v) is 4.02. The molecule has 108 valence electrons. The molecule has 2 N–H and O–H groups in total. The van der Waals surface area contributed by atoms with E-state index in [1.165, 1.54) is 5.56 Å². The maximum atomic E-state index is 10.5. The third kappa shape index (κ3) is 2.53. The maximum Gasteiger partial charge on any atom is 0.136 e. The van der Waals surface area contributed by atoms with Crippen LogP contribution >= 0.6 is 0 Å². The smallest absolute Gasteiger partial charge is 0.136 e. The molecule has 0 amide bonds. The minimum Gasteiger partial charge on any atom is -0.469 e. The molecule has 1 aliphatic carbocycles. The average molecular weight is 275 g/mol. The van der Waals surface area contributed by atoms with Crippen LogP contribution in [0, 0.1) is 6.92 Å². The summed E-state index contributed by atoms with van der Waals surface area (Å²) < 4.78 is 11.0. The van der Waals surface area contributed by atoms with Crippen LogP contribution in [-0.2, 0) is 12.0 Å². The van der Waals surface area contributed by atoms with Crippen LogP contribution in [0.1, 0.15) is 48.7 Å². The van der Waals surface area contributed by atoms with Gasteiger partial charge < -0.3 is 19.3 Å². The van der Waals surface area contributed by atoms with Crippen molar-refractivity contribution in [2.45, 2.75) is 44.8 Å². The molecule has 1 aliphatic rings. The monoisotopic (exact) mass is 275 g/mol. The predicted octanol–water partition coefficient (Wildman–Crippen LogP) is 3.06. The quantitative estimate of drug-likeness (QED) is 0.900. The Morgan fingerprint density at radius 1 is 1.40 bits per heavy atom. The Kier molecular flexibility index (Phi) is 3.44. The van der Waals surface area contributed by atoms with E-state index in [1.807, 2.05) is 25.1 Å². The number of fused-ring (bicyclic) bond motifs is 1. The van der Waals surface area contributed by atoms with Crippen LogP contribution in [0.2, 0.25) is 0 Å². The molecule has 4 heteroatoms. The molecule has 0 aliphatic heterocycles. The Morgan fingerprint density at radius 3 is 3.00 bits per heavy atom. The van der Waals surface area contributed by atoms with E-state index >= 15 is 0 Å². The van der Waals surface area contributed by atoms with Gasteiger partial charge in [-0.3, -0.25) is 0 Å². The fourth-order valence-electron chi connectivity index (χ4n) is 2.83. The molecule has 3 rings (SSSR count). The van der Waals surface area contributed by atoms with E-state index in [9.17, 15) is 5.11 Å². The minimum atomic E-state index is -1.00. The van der Waals surface area contributed by atoms with Gasteiger partial charge in [0.05, 0.1) is 6.26 Å². The zero-order chi connectivity index (χ0) is 14.2. The summed E-state index contributed by atoms with van der Waals surface area (Å²) in [4.78, 5) is 0. The van der Waals surface area contributed by atoms with Crippen molar-refractivity contribution in [2.75, 3.05) is 6.54 Å². The first-order valence-electron chi connectivity index (χ1n) is 7.15. The summed E-state index contributed by atoms with van der Waals surface area (Å²) in [5.74, 6) is 2.49. The molecule has 0 fully saturated rings. The second-order valence-electron chi connectivity index (χ2n) is 5.81. The highest BCUT2D eigenvalue weighted by atomic mass is 16.4. The number of aliphatic hydroxyl groups is 1. The molecule has 0 aromatic carbocycles. The van der Waals surface area contributed by atoms with Gasteiger partial charge in [0.25, 0.3) is 0 Å². The lowest BCUT2D eigenvalue weighted by molar-refractivity contribution is 0.0301. The summed E-state index contributed by atoms with van der Waals surface area (Å²) in [5, 5.41) is 14.0. The van der Waals surface area contributed by atoms with E-state index in [4.69, 9.17) is 8.83 Å². The summed E-state index contributed by atoms with van der Waals surface area (Å²) in [6, 6.07) is 5.98. The molecule has 2 aromatic heterocycles. The van der Waals surface area contributed by atoms with Gasteiger partial charge >= 0.3 is 0 Å². The highest BCUT2D eigenvalue weighted by molar-refractivity contribution is 5.24. The van der Waals surface area contributed by atoms with Gasteiger partial charge in [-0.05, 0) is 44.9 Å². The first kappa shape index (κ1) is 13.5. The standard InChI is InChI=1S/C16H21NO3/c1-11-6-7-15(20-11)16(2,18)10-17-13-4-3-5-14-12(13)8-9-19-14/h6-9,13,17-18H,3-5,10H2,1-2H3/t13-,16+/m0/s1. The Labute approximate surface area is 118 Å². The van der Waals surface area contributed by atoms with E-state index in [0.29, 0.717) is 12.3 Å². The lowest BCUT2D eigenvalue weighted by Crippen LogP contribution is -2.38. The molecule has 2 atom stereocenters. The van der Waals surface area contributed by atoms with E-state index < -0.39 is 5.60 Å². The van der Waals surface area contributed by atoms with Crippen LogP contribution in [0.25, 0.3) is 0 Å². The van der Waals surface area contributed by atoms with Crippen molar-refractivity contribution in [3.8, 4) is 0 Å². The Hall–Kier alpha value is -1.52. The van der Waals surface area contributed by atoms with Crippen molar-refractivity contribution in [3.63, 3.8) is 0 Å². The second-order valence-corrected chi connectivity index (χ2v) is 5.81. The molecular weight excluding hydrogens is 254 g/mol. The molecule has 0 bridgehead atoms. The van der Waals surface area contributed by atoms with Crippen LogP contribution in [0.3, 0.4) is 0 Å². The molecule has 2 aromatic rings. The van der Waals surface area contributed by atoms with Crippen molar-refractivity contribution in [1.82, 2.24) is 5.32 Å². The number of furan rings is 2. The van der Waals surface area contributed by atoms with Crippen LogP contribution in [-0.4, -0.2) is 11.7 Å². The SMILES string of the molecule is Cc1ccc([C@](C)(O)CN[C@H]2CCCc3occc32)o1. The molecule has 0 saturated heterocycles. The summed E-state index contributed by atoms with van der Waals surface area (Å²) in [7, 11) is 0. The molecule has 0 spiro atoms. The van der Waals surface area contributed by atoms with E-state index in [-0.39, 0.29) is 6.04 Å². The highest BCUT2D eigenvalue weighted by Crippen LogP contribution is 2.31. The van der Waals surface area contributed by atoms with Gasteiger partial charge in [0.2, 0.25) is 0 Å². The molecule has 0 unspecified atom stereocenters. The first-order valence-corrected chi connectivity index (χ1v) is 7.15. The van der Waals surface area contributed by atoms with Gasteiger partial charge in [0.15, 0.2) is 0 Å². The number of rotatable bonds is 4. The van der Waals surface area contributed by atoms with Gasteiger partial charge in [-0.15, -0.1) is 0 Å². The van der Waals surface area contributed by atoms with Crippen molar-refractivity contribution < 1.29 is 13.9 Å². The zero-order valence-electron chi connectivity index (χ0n) is 12.0. The second kappa shape index (κ2) is 5.11. The van der Waals surface area contributed by atoms with Crippen LogP contribution in [0.4, 0.5) is 0 Å². The number of hydrogen-bond acceptors (Lipinski definition) is 4. The van der Waals surface area contributed by atoms with Crippen LogP contribution < -0.4 is 5.32 Å². The number of hydrogen-bond donors (Lipinski definition) is 2. The average Bonchev–Trinajstić information content (AvgIpc) is 3.05. The van der Waals surface area contributed by atoms with Gasteiger partial charge in [0, 0.05) is 24.6 Å². The number of nitrogens with one attached hydrogen (secondary N) is 1. The predicted molar refractivity (Wildman–Crippen MR) is 75.4 cm³/mol. The first-order chi connectivity index (χ1) is 9.56. The Bertz CT molecular complexity index is 582. The van der Waals surface area contributed by atoms with Crippen molar-refractivity contribution in [2.24, 2.45) is 0 Å². The topological polar surface area (TPSA) is 58.5 Å². The summed E-state index contributed by atoms with van der Waals surface area (Å²) in [6.07, 6.45) is 4.94. The van der Waals surface area contributed by atoms with Crippen molar-refractivity contribution >= 4 is 0 Å². The van der Waals surface area contributed by atoms with Crippen LogP contribution in [0.15, 0.2) is 33.3 Å². The summed E-state index contributed by atoms with van der Waals surface area (Å²) >= 11 is 0. The van der Waals surface area contributed by atoms with E-state index in [1.54, 1.807) is 13.2 Å². The minimum absolute atomic E-state index is 0.250. The Balaban J connectivity index is 1.68. The summed E-state index contributed by atoms with van der Waals surface area (Å²) in [5.41, 5.74) is 0.220. The van der Waals surface area contributed by atoms with Gasteiger partial charge in [0.1, 0.15) is 22.9 Å². The van der Waals surface area contributed by atoms with Crippen molar-refractivity contribution in [3.05, 3.63) is 47.3 Å². The van der Waals surface area contributed by atoms with Crippen LogP contribution in [0.5, 0.6) is 0 Å². The lowest BCUT2D eigenvalue weighted by atomic mass is 9.92. The van der Waals surface area contributed by atoms with E-state index in [2.05, 4.69) is 5.32 Å². The van der Waals surface area contributed by atoms with Gasteiger partial charge in [-0.2, -0.15) is 0 Å². The number of aryl methyl sites for hydroxylation is 2. The molecule has 20 heavy (non-hydrogen) atoms. The highest BCUT2D eigenvalue weighted by Gasteiger charge is 2.29. The lowest BCUT2D eigenvalue weighted by Gasteiger charge is -2.28. The molecular formula is C16H21NO3. The third-order valence-electron chi connectivity index (χ3n) is 4.02. The maximum absolute atomic E-state index is 10.5. The molecule has 0 saturated carbocycles. The normalized spacial score (nSPS) is 21.4. The molecule has 4 nitrogen and oxygen atoms in total. The van der Waals surface area contributed by atoms with E-state index in [0.717, 1.165) is 30.8 Å². The fourth-order valence-corrected chi connectivity index (χ4v) is 2.83. The largest absolute Gasteiger partial charge is 0.469 e. The molecule has 0 radical (unpaired) electrons. The van der Waals surface area contributed by atoms with Gasteiger partial charge in [-0.25, -0.2) is 0 Å². The zero-order valence-corrected chi connectivity index (χ0v) is 12.0. The summed E-state index contributed by atoms with van der Waals surface area (Å²) in [6.45, 7) is 4.11. The Morgan fingerprint density at radius 2 is 2.25 bits per heavy atom. The van der Waals surface area contributed by atoms with Crippen molar-refractivity contribution in [1.29, 1.82) is 0 Å². The van der Waals surface area contributed by atoms with Gasteiger partial charge in [-0.1, -0.05) is 0 Å². The molecule has 2 heterocycles.